The Hall–Kier alpha value is -1.62. The zero-order valence-electron chi connectivity index (χ0n) is 10.1. The largest absolute Gasteiger partial charge is 0.449 e. The van der Waals surface area contributed by atoms with Crippen LogP contribution in [0.25, 0.3) is 6.08 Å². The van der Waals surface area contributed by atoms with Gasteiger partial charge in [0, 0.05) is 11.3 Å². The molecule has 1 aromatic heterocycles. The fourth-order valence-electron chi connectivity index (χ4n) is 1.72. The van der Waals surface area contributed by atoms with Crippen molar-refractivity contribution in [3.05, 3.63) is 22.7 Å². The number of carbonyl (C=O) groups is 1. The predicted molar refractivity (Wildman–Crippen MR) is 70.6 cm³/mol. The van der Waals surface area contributed by atoms with Gasteiger partial charge >= 0.3 is 6.09 Å². The molecule has 1 aliphatic rings. The van der Waals surface area contributed by atoms with E-state index in [1.54, 1.807) is 6.92 Å². The SMILES string of the molecule is CCOC(=O)N1C(C)=NC(C)=Cc2ccsc21. The molecule has 90 valence electrons. The van der Waals surface area contributed by atoms with E-state index in [0.717, 1.165) is 16.3 Å². The number of hydrogen-bond acceptors (Lipinski definition) is 4. The summed E-state index contributed by atoms with van der Waals surface area (Å²) in [5, 5.41) is 2.82. The number of ether oxygens (including phenoxy) is 1. The summed E-state index contributed by atoms with van der Waals surface area (Å²) in [6.45, 7) is 5.87. The van der Waals surface area contributed by atoms with Gasteiger partial charge in [-0.05, 0) is 38.3 Å². The van der Waals surface area contributed by atoms with E-state index in [4.69, 9.17) is 4.74 Å². The van der Waals surface area contributed by atoms with E-state index < -0.39 is 0 Å². The fourth-order valence-corrected chi connectivity index (χ4v) is 2.63. The Bertz CT molecular complexity index is 502. The Morgan fingerprint density at radius 2 is 2.29 bits per heavy atom. The van der Waals surface area contributed by atoms with Gasteiger partial charge in [0.15, 0.2) is 0 Å². The average Bonchev–Trinajstić information content (AvgIpc) is 2.62. The highest BCUT2D eigenvalue weighted by Gasteiger charge is 2.25. The number of amides is 1. The van der Waals surface area contributed by atoms with Gasteiger partial charge < -0.3 is 4.74 Å². The van der Waals surface area contributed by atoms with Crippen LogP contribution < -0.4 is 4.90 Å². The summed E-state index contributed by atoms with van der Waals surface area (Å²) < 4.78 is 5.06. The van der Waals surface area contributed by atoms with E-state index in [1.807, 2.05) is 31.4 Å². The number of rotatable bonds is 1. The van der Waals surface area contributed by atoms with Crippen LogP contribution in [0.4, 0.5) is 9.80 Å². The number of hydrogen-bond donors (Lipinski definition) is 0. The first-order chi connectivity index (χ1) is 8.13. The molecular formula is C12H14N2O2S. The van der Waals surface area contributed by atoms with Crippen molar-refractivity contribution in [1.29, 1.82) is 0 Å². The highest BCUT2D eigenvalue weighted by atomic mass is 32.1. The molecule has 0 bridgehead atoms. The van der Waals surface area contributed by atoms with Crippen LogP contribution in [0.5, 0.6) is 0 Å². The van der Waals surface area contributed by atoms with Crippen molar-refractivity contribution in [1.82, 2.24) is 0 Å². The second kappa shape index (κ2) is 4.71. The molecule has 0 unspecified atom stereocenters. The monoisotopic (exact) mass is 250 g/mol. The number of allylic oxidation sites excluding steroid dienone is 1. The molecule has 2 rings (SSSR count). The van der Waals surface area contributed by atoms with E-state index in [1.165, 1.54) is 16.2 Å². The second-order valence-corrected chi connectivity index (χ2v) is 4.55. The molecule has 1 aliphatic heterocycles. The maximum atomic E-state index is 11.9. The highest BCUT2D eigenvalue weighted by molar-refractivity contribution is 7.15. The Kier molecular flexibility index (Phi) is 3.28. The maximum absolute atomic E-state index is 11.9. The molecule has 1 amide bonds. The predicted octanol–water partition coefficient (Wildman–Crippen LogP) is 3.50. The van der Waals surface area contributed by atoms with Gasteiger partial charge in [0.25, 0.3) is 0 Å². The first-order valence-electron chi connectivity index (χ1n) is 5.41. The molecule has 0 saturated carbocycles. The van der Waals surface area contributed by atoms with Crippen LogP contribution in [0.15, 0.2) is 22.1 Å². The lowest BCUT2D eigenvalue weighted by atomic mass is 10.2. The molecule has 0 fully saturated rings. The minimum Gasteiger partial charge on any atom is -0.449 e. The summed E-state index contributed by atoms with van der Waals surface area (Å²) in [5.41, 5.74) is 1.88. The van der Waals surface area contributed by atoms with Crippen LogP contribution in [-0.2, 0) is 4.74 Å². The summed E-state index contributed by atoms with van der Waals surface area (Å²) in [5.74, 6) is 0.637. The lowest BCUT2D eigenvalue weighted by Crippen LogP contribution is -2.35. The van der Waals surface area contributed by atoms with Crippen LogP contribution >= 0.6 is 11.3 Å². The van der Waals surface area contributed by atoms with Crippen LogP contribution in [0.2, 0.25) is 0 Å². The number of aliphatic imine (C=N–C) groups is 1. The van der Waals surface area contributed by atoms with Crippen LogP contribution in [0, 0.1) is 0 Å². The van der Waals surface area contributed by atoms with Crippen molar-refractivity contribution in [3.8, 4) is 0 Å². The van der Waals surface area contributed by atoms with Crippen molar-refractivity contribution in [2.24, 2.45) is 4.99 Å². The molecule has 17 heavy (non-hydrogen) atoms. The Labute approximate surface area is 104 Å². The quantitative estimate of drug-likeness (QED) is 0.765. The molecule has 2 heterocycles. The Morgan fingerprint density at radius 3 is 3.00 bits per heavy atom. The van der Waals surface area contributed by atoms with Gasteiger partial charge in [-0.2, -0.15) is 0 Å². The van der Waals surface area contributed by atoms with Crippen molar-refractivity contribution in [2.75, 3.05) is 11.5 Å². The summed E-state index contributed by atoms with van der Waals surface area (Å²) in [7, 11) is 0. The molecule has 0 N–H and O–H groups in total. The first-order valence-corrected chi connectivity index (χ1v) is 6.29. The number of thiophene rings is 1. The zero-order chi connectivity index (χ0) is 12.4. The molecule has 0 radical (unpaired) electrons. The third kappa shape index (κ3) is 2.24. The summed E-state index contributed by atoms with van der Waals surface area (Å²) >= 11 is 1.51. The molecular weight excluding hydrogens is 236 g/mol. The average molecular weight is 250 g/mol. The van der Waals surface area contributed by atoms with Crippen molar-refractivity contribution < 1.29 is 9.53 Å². The van der Waals surface area contributed by atoms with Gasteiger partial charge in [0.05, 0.1) is 6.61 Å². The minimum absolute atomic E-state index is 0.357. The third-order valence-electron chi connectivity index (χ3n) is 2.35. The Morgan fingerprint density at radius 1 is 1.53 bits per heavy atom. The molecule has 0 spiro atoms. The number of amidine groups is 1. The summed E-state index contributed by atoms with van der Waals surface area (Å²) in [6, 6.07) is 1.98. The number of nitrogens with zero attached hydrogens (tertiary/aromatic N) is 2. The molecule has 0 aromatic carbocycles. The smallest absolute Gasteiger partial charge is 0.420 e. The topological polar surface area (TPSA) is 41.9 Å². The van der Waals surface area contributed by atoms with Crippen molar-refractivity contribution in [2.45, 2.75) is 20.8 Å². The maximum Gasteiger partial charge on any atom is 0.420 e. The number of anilines is 1. The van der Waals surface area contributed by atoms with Crippen molar-refractivity contribution in [3.63, 3.8) is 0 Å². The second-order valence-electron chi connectivity index (χ2n) is 3.66. The van der Waals surface area contributed by atoms with Gasteiger partial charge in [-0.25, -0.2) is 14.7 Å². The lowest BCUT2D eigenvalue weighted by Gasteiger charge is -2.19. The fraction of sp³-hybridized carbons (Fsp3) is 0.333. The summed E-state index contributed by atoms with van der Waals surface area (Å²) in [4.78, 5) is 17.8. The molecule has 0 saturated heterocycles. The molecule has 0 atom stereocenters. The van der Waals surface area contributed by atoms with Crippen LogP contribution in [0.3, 0.4) is 0 Å². The van der Waals surface area contributed by atoms with E-state index in [9.17, 15) is 4.79 Å². The highest BCUT2D eigenvalue weighted by Crippen LogP contribution is 2.32. The van der Waals surface area contributed by atoms with Gasteiger partial charge in [0.2, 0.25) is 0 Å². The number of carbonyl (C=O) groups excluding carboxylic acids is 1. The molecule has 5 heteroatoms. The first kappa shape index (κ1) is 11.9. The van der Waals surface area contributed by atoms with E-state index >= 15 is 0 Å². The molecule has 1 aromatic rings. The van der Waals surface area contributed by atoms with E-state index in [2.05, 4.69) is 4.99 Å². The molecule has 0 aliphatic carbocycles. The summed E-state index contributed by atoms with van der Waals surface area (Å²) in [6.07, 6.45) is 1.59. The van der Waals surface area contributed by atoms with Gasteiger partial charge in [0.1, 0.15) is 10.8 Å². The lowest BCUT2D eigenvalue weighted by molar-refractivity contribution is 0.163. The molecule has 4 nitrogen and oxygen atoms in total. The normalized spacial score (nSPS) is 14.6. The standard InChI is InChI=1S/C12H14N2O2S/c1-4-16-12(15)14-9(3)13-8(2)7-10-5-6-17-11(10)14/h5-7H,4H2,1-3H3. The minimum atomic E-state index is -0.374. The zero-order valence-corrected chi connectivity index (χ0v) is 10.9. The van der Waals surface area contributed by atoms with Crippen LogP contribution in [0.1, 0.15) is 26.3 Å². The van der Waals surface area contributed by atoms with Gasteiger partial charge in [-0.3, -0.25) is 0 Å². The van der Waals surface area contributed by atoms with Gasteiger partial charge in [-0.15, -0.1) is 11.3 Å². The number of fused-ring (bicyclic) bond motifs is 1. The van der Waals surface area contributed by atoms with E-state index in [-0.39, 0.29) is 6.09 Å². The third-order valence-corrected chi connectivity index (χ3v) is 3.27. The van der Waals surface area contributed by atoms with Gasteiger partial charge in [-0.1, -0.05) is 0 Å². The van der Waals surface area contributed by atoms with E-state index in [0.29, 0.717) is 12.4 Å². The van der Waals surface area contributed by atoms with Crippen molar-refractivity contribution >= 4 is 34.3 Å². The van der Waals surface area contributed by atoms with Crippen LogP contribution in [-0.4, -0.2) is 18.5 Å². The Balaban J connectivity index is 2.46.